The number of benzene rings is 1. The normalized spacial score (nSPS) is 11.4. The first kappa shape index (κ1) is 12.9. The highest BCUT2D eigenvalue weighted by Gasteiger charge is 2.06. The van der Waals surface area contributed by atoms with Gasteiger partial charge in [-0.15, -0.1) is 0 Å². The van der Waals surface area contributed by atoms with Crippen molar-refractivity contribution >= 4 is 22.4 Å². The number of nitrogens with one attached hydrogen (secondary N) is 2. The van der Waals surface area contributed by atoms with Gasteiger partial charge in [-0.3, -0.25) is 0 Å². The zero-order valence-electron chi connectivity index (χ0n) is 12.6. The van der Waals surface area contributed by atoms with Crippen molar-refractivity contribution in [3.8, 4) is 0 Å². The Balaban J connectivity index is 1.65. The van der Waals surface area contributed by atoms with E-state index in [2.05, 4.69) is 51.6 Å². The maximum atomic E-state index is 4.45. The Bertz CT molecular complexity index is 964. The summed E-state index contributed by atoms with van der Waals surface area (Å²) in [6.45, 7) is 4.83. The van der Waals surface area contributed by atoms with Gasteiger partial charge in [-0.2, -0.15) is 9.61 Å². The molecule has 0 radical (unpaired) electrons. The molecule has 0 amide bonds. The molecule has 0 fully saturated rings. The standard InChI is InChI=1S/C17H17N5/c1-11-4-3-5-13-9-14(21-17(11)13)10-18-16-8-12(2)20-15-6-7-19-22(15)16/h3-9,18,21H,10H2,1-2H3. The molecule has 110 valence electrons. The predicted octanol–water partition coefficient (Wildman–Crippen LogP) is 3.44. The van der Waals surface area contributed by atoms with E-state index in [1.807, 2.05) is 23.6 Å². The number of para-hydroxylation sites is 1. The Hall–Kier alpha value is -2.82. The maximum absolute atomic E-state index is 4.45. The lowest BCUT2D eigenvalue weighted by Crippen LogP contribution is -2.06. The monoisotopic (exact) mass is 291 g/mol. The lowest BCUT2D eigenvalue weighted by molar-refractivity contribution is 0.912. The quantitative estimate of drug-likeness (QED) is 0.608. The summed E-state index contributed by atoms with van der Waals surface area (Å²) in [5, 5.41) is 8.99. The number of nitrogens with zero attached hydrogens (tertiary/aromatic N) is 3. The Morgan fingerprint density at radius 3 is 2.95 bits per heavy atom. The molecule has 5 heteroatoms. The first-order valence-corrected chi connectivity index (χ1v) is 7.33. The molecule has 3 aromatic heterocycles. The highest BCUT2D eigenvalue weighted by molar-refractivity contribution is 5.83. The summed E-state index contributed by atoms with van der Waals surface area (Å²) < 4.78 is 1.82. The van der Waals surface area contributed by atoms with Crippen molar-refractivity contribution in [3.63, 3.8) is 0 Å². The molecule has 0 saturated carbocycles. The van der Waals surface area contributed by atoms with Crippen LogP contribution < -0.4 is 5.32 Å². The molecule has 2 N–H and O–H groups in total. The fraction of sp³-hybridized carbons (Fsp3) is 0.176. The van der Waals surface area contributed by atoms with Crippen LogP contribution in [-0.4, -0.2) is 19.6 Å². The van der Waals surface area contributed by atoms with Crippen LogP contribution in [0, 0.1) is 13.8 Å². The molecular weight excluding hydrogens is 274 g/mol. The summed E-state index contributed by atoms with van der Waals surface area (Å²) >= 11 is 0. The lowest BCUT2D eigenvalue weighted by atomic mass is 10.2. The van der Waals surface area contributed by atoms with Gasteiger partial charge < -0.3 is 10.3 Å². The molecule has 0 saturated heterocycles. The molecule has 0 aliphatic heterocycles. The van der Waals surface area contributed by atoms with Gasteiger partial charge in [0.2, 0.25) is 0 Å². The number of aryl methyl sites for hydroxylation is 2. The van der Waals surface area contributed by atoms with Crippen molar-refractivity contribution in [1.82, 2.24) is 19.6 Å². The van der Waals surface area contributed by atoms with Crippen molar-refractivity contribution in [2.24, 2.45) is 0 Å². The smallest absolute Gasteiger partial charge is 0.157 e. The molecule has 0 spiro atoms. The Kier molecular flexibility index (Phi) is 2.85. The van der Waals surface area contributed by atoms with Crippen LogP contribution in [0.3, 0.4) is 0 Å². The Morgan fingerprint density at radius 2 is 2.09 bits per heavy atom. The highest BCUT2D eigenvalue weighted by atomic mass is 15.3. The van der Waals surface area contributed by atoms with E-state index in [0.717, 1.165) is 22.9 Å². The first-order valence-electron chi connectivity index (χ1n) is 7.33. The van der Waals surface area contributed by atoms with Crippen LogP contribution in [0.25, 0.3) is 16.6 Å². The Labute approximate surface area is 128 Å². The number of hydrogen-bond donors (Lipinski definition) is 2. The van der Waals surface area contributed by atoms with Gasteiger partial charge >= 0.3 is 0 Å². The van der Waals surface area contributed by atoms with Gasteiger partial charge in [-0.1, -0.05) is 18.2 Å². The van der Waals surface area contributed by atoms with Crippen molar-refractivity contribution in [1.29, 1.82) is 0 Å². The van der Waals surface area contributed by atoms with Gasteiger partial charge in [-0.05, 0) is 30.9 Å². The number of anilines is 1. The van der Waals surface area contributed by atoms with Crippen LogP contribution in [0.15, 0.2) is 42.6 Å². The maximum Gasteiger partial charge on any atom is 0.157 e. The lowest BCUT2D eigenvalue weighted by Gasteiger charge is -2.08. The molecule has 0 unspecified atom stereocenters. The largest absolute Gasteiger partial charge is 0.364 e. The minimum Gasteiger partial charge on any atom is -0.364 e. The molecule has 1 aromatic carbocycles. The van der Waals surface area contributed by atoms with Gasteiger partial charge in [0.1, 0.15) is 5.82 Å². The van der Waals surface area contributed by atoms with E-state index in [0.29, 0.717) is 6.54 Å². The van der Waals surface area contributed by atoms with Gasteiger partial charge in [0.25, 0.3) is 0 Å². The average molecular weight is 291 g/mol. The van der Waals surface area contributed by atoms with E-state index in [4.69, 9.17) is 0 Å². The molecule has 4 rings (SSSR count). The highest BCUT2D eigenvalue weighted by Crippen LogP contribution is 2.20. The van der Waals surface area contributed by atoms with Gasteiger partial charge in [0.05, 0.1) is 12.7 Å². The van der Waals surface area contributed by atoms with Crippen molar-refractivity contribution in [2.45, 2.75) is 20.4 Å². The van der Waals surface area contributed by atoms with E-state index in [1.54, 1.807) is 6.20 Å². The average Bonchev–Trinajstić information content (AvgIpc) is 3.11. The second kappa shape index (κ2) is 4.87. The molecule has 0 atom stereocenters. The van der Waals surface area contributed by atoms with E-state index in [-0.39, 0.29) is 0 Å². The summed E-state index contributed by atoms with van der Waals surface area (Å²) in [5.41, 5.74) is 5.45. The van der Waals surface area contributed by atoms with Crippen LogP contribution in [0.5, 0.6) is 0 Å². The van der Waals surface area contributed by atoms with Crippen LogP contribution in [-0.2, 0) is 6.54 Å². The summed E-state index contributed by atoms with van der Waals surface area (Å²) in [6.07, 6.45) is 1.76. The number of H-pyrrole nitrogens is 1. The fourth-order valence-electron chi connectivity index (χ4n) is 2.81. The van der Waals surface area contributed by atoms with E-state index >= 15 is 0 Å². The molecule has 22 heavy (non-hydrogen) atoms. The third-order valence-electron chi connectivity index (χ3n) is 3.87. The molecule has 0 aliphatic rings. The van der Waals surface area contributed by atoms with Gasteiger partial charge in [-0.25, -0.2) is 4.98 Å². The number of aromatic nitrogens is 4. The molecule has 5 nitrogen and oxygen atoms in total. The van der Waals surface area contributed by atoms with Crippen molar-refractivity contribution in [2.75, 3.05) is 5.32 Å². The molecule has 3 heterocycles. The summed E-state index contributed by atoms with van der Waals surface area (Å²) in [7, 11) is 0. The minimum absolute atomic E-state index is 0.715. The van der Waals surface area contributed by atoms with Crippen LogP contribution in [0.4, 0.5) is 5.82 Å². The third kappa shape index (κ3) is 2.11. The van der Waals surface area contributed by atoms with Gasteiger partial charge in [0.15, 0.2) is 5.65 Å². The first-order chi connectivity index (χ1) is 10.7. The third-order valence-corrected chi connectivity index (χ3v) is 3.87. The fourth-order valence-corrected chi connectivity index (χ4v) is 2.81. The SMILES string of the molecule is Cc1cc(NCc2cc3cccc(C)c3[nH]2)n2nccc2n1. The summed E-state index contributed by atoms with van der Waals surface area (Å²) in [4.78, 5) is 7.93. The van der Waals surface area contributed by atoms with Crippen LogP contribution >= 0.6 is 0 Å². The topological polar surface area (TPSA) is 58.0 Å². The summed E-state index contributed by atoms with van der Waals surface area (Å²) in [6, 6.07) is 12.4. The number of hydrogen-bond acceptors (Lipinski definition) is 3. The van der Waals surface area contributed by atoms with Crippen LogP contribution in [0.1, 0.15) is 17.0 Å². The molecule has 0 aliphatic carbocycles. The predicted molar refractivity (Wildman–Crippen MR) is 88.1 cm³/mol. The number of rotatable bonds is 3. The number of aromatic amines is 1. The van der Waals surface area contributed by atoms with Crippen LogP contribution in [0.2, 0.25) is 0 Å². The zero-order chi connectivity index (χ0) is 15.1. The minimum atomic E-state index is 0.715. The zero-order valence-corrected chi connectivity index (χ0v) is 12.6. The molecule has 4 aromatic rings. The van der Waals surface area contributed by atoms with E-state index in [9.17, 15) is 0 Å². The Morgan fingerprint density at radius 1 is 1.18 bits per heavy atom. The molecular formula is C17H17N5. The second-order valence-corrected chi connectivity index (χ2v) is 5.57. The number of fused-ring (bicyclic) bond motifs is 2. The van der Waals surface area contributed by atoms with E-state index in [1.165, 1.54) is 16.5 Å². The van der Waals surface area contributed by atoms with Crippen molar-refractivity contribution in [3.05, 3.63) is 59.5 Å². The van der Waals surface area contributed by atoms with E-state index < -0.39 is 0 Å². The molecule has 0 bridgehead atoms. The van der Waals surface area contributed by atoms with Crippen molar-refractivity contribution < 1.29 is 0 Å². The summed E-state index contributed by atoms with van der Waals surface area (Å²) in [5.74, 6) is 0.947. The second-order valence-electron chi connectivity index (χ2n) is 5.57. The van der Waals surface area contributed by atoms with Gasteiger partial charge in [0, 0.05) is 29.0 Å².